The highest BCUT2D eigenvalue weighted by atomic mass is 32.2. The van der Waals surface area contributed by atoms with Crippen LogP contribution in [-0.4, -0.2) is 23.0 Å². The van der Waals surface area contributed by atoms with Crippen LogP contribution >= 0.6 is 23.1 Å². The van der Waals surface area contributed by atoms with Crippen LogP contribution in [0.2, 0.25) is 0 Å². The Morgan fingerprint density at radius 2 is 2.25 bits per heavy atom. The third kappa shape index (κ3) is 2.89. The van der Waals surface area contributed by atoms with Crippen molar-refractivity contribution in [2.45, 2.75) is 18.6 Å². The molecule has 2 aromatic rings. The summed E-state index contributed by atoms with van der Waals surface area (Å²) in [6, 6.07) is 8.26. The highest BCUT2D eigenvalue weighted by molar-refractivity contribution is 7.99. The van der Waals surface area contributed by atoms with E-state index < -0.39 is 0 Å². The molecule has 16 heavy (non-hydrogen) atoms. The van der Waals surface area contributed by atoms with E-state index in [4.69, 9.17) is 0 Å². The fourth-order valence-corrected chi connectivity index (χ4v) is 2.69. The average molecular weight is 252 g/mol. The van der Waals surface area contributed by atoms with E-state index in [-0.39, 0.29) is 0 Å². The van der Waals surface area contributed by atoms with Crippen LogP contribution in [0, 0.1) is 0 Å². The molecule has 1 heterocycles. The molecule has 0 saturated heterocycles. The molecule has 86 valence electrons. The largest absolute Gasteiger partial charge is 0.361 e. The number of nitrogens with zero attached hydrogens (tertiary/aromatic N) is 1. The lowest BCUT2D eigenvalue weighted by atomic mass is 10.3. The van der Waals surface area contributed by atoms with Crippen LogP contribution in [0.1, 0.15) is 13.3 Å². The lowest BCUT2D eigenvalue weighted by Gasteiger charge is -2.07. The summed E-state index contributed by atoms with van der Waals surface area (Å²) in [6.45, 7) is 3.26. The molecule has 1 aromatic heterocycles. The summed E-state index contributed by atoms with van der Waals surface area (Å²) in [5.74, 6) is 0. The molecule has 0 fully saturated rings. The zero-order valence-corrected chi connectivity index (χ0v) is 11.2. The second kappa shape index (κ2) is 5.55. The SMILES string of the molecule is CSC(C)CCNc1nc2ccccc2s1. The zero-order valence-electron chi connectivity index (χ0n) is 9.56. The molecule has 0 saturated carbocycles. The number of thiazole rings is 1. The van der Waals surface area contributed by atoms with Crippen LogP contribution in [0.4, 0.5) is 5.13 Å². The quantitative estimate of drug-likeness (QED) is 0.875. The molecule has 0 radical (unpaired) electrons. The lowest BCUT2D eigenvalue weighted by molar-refractivity contribution is 0.853. The number of thioether (sulfide) groups is 1. The van der Waals surface area contributed by atoms with Crippen molar-refractivity contribution in [2.24, 2.45) is 0 Å². The molecule has 0 amide bonds. The number of para-hydroxylation sites is 1. The van der Waals surface area contributed by atoms with Gasteiger partial charge < -0.3 is 5.32 Å². The van der Waals surface area contributed by atoms with Gasteiger partial charge in [-0.3, -0.25) is 0 Å². The number of fused-ring (bicyclic) bond motifs is 1. The van der Waals surface area contributed by atoms with Gasteiger partial charge in [0, 0.05) is 11.8 Å². The molecule has 1 unspecified atom stereocenters. The highest BCUT2D eigenvalue weighted by Gasteiger charge is 2.03. The van der Waals surface area contributed by atoms with Gasteiger partial charge in [-0.25, -0.2) is 4.98 Å². The Morgan fingerprint density at radius 3 is 3.00 bits per heavy atom. The minimum absolute atomic E-state index is 0.710. The third-order valence-corrected chi connectivity index (χ3v) is 4.56. The minimum Gasteiger partial charge on any atom is -0.361 e. The van der Waals surface area contributed by atoms with E-state index in [0.29, 0.717) is 5.25 Å². The average Bonchev–Trinajstić information content (AvgIpc) is 2.71. The topological polar surface area (TPSA) is 24.9 Å². The normalized spacial score (nSPS) is 12.9. The Bertz CT molecular complexity index is 420. The van der Waals surface area contributed by atoms with Crippen LogP contribution in [0.3, 0.4) is 0 Å². The first-order chi connectivity index (χ1) is 7.79. The Hall–Kier alpha value is -0.740. The number of hydrogen-bond acceptors (Lipinski definition) is 4. The van der Waals surface area contributed by atoms with Crippen molar-refractivity contribution in [1.82, 2.24) is 4.98 Å². The van der Waals surface area contributed by atoms with Gasteiger partial charge in [0.1, 0.15) is 0 Å². The highest BCUT2D eigenvalue weighted by Crippen LogP contribution is 2.25. The van der Waals surface area contributed by atoms with Crippen molar-refractivity contribution in [2.75, 3.05) is 18.1 Å². The Balaban J connectivity index is 1.94. The lowest BCUT2D eigenvalue weighted by Crippen LogP contribution is -2.07. The van der Waals surface area contributed by atoms with Crippen LogP contribution in [0.25, 0.3) is 10.2 Å². The van der Waals surface area contributed by atoms with E-state index in [0.717, 1.165) is 17.2 Å². The fraction of sp³-hybridized carbons (Fsp3) is 0.417. The predicted octanol–water partition coefficient (Wildman–Crippen LogP) is 3.85. The van der Waals surface area contributed by atoms with Gasteiger partial charge in [-0.2, -0.15) is 11.8 Å². The van der Waals surface area contributed by atoms with Gasteiger partial charge >= 0.3 is 0 Å². The first kappa shape index (κ1) is 11.7. The molecule has 2 rings (SSSR count). The molecular weight excluding hydrogens is 236 g/mol. The summed E-state index contributed by atoms with van der Waals surface area (Å²) in [6.07, 6.45) is 3.33. The number of aromatic nitrogens is 1. The maximum Gasteiger partial charge on any atom is 0.183 e. The summed E-state index contributed by atoms with van der Waals surface area (Å²) in [5.41, 5.74) is 1.09. The maximum absolute atomic E-state index is 4.54. The maximum atomic E-state index is 4.54. The number of benzene rings is 1. The molecule has 1 N–H and O–H groups in total. The van der Waals surface area contributed by atoms with Gasteiger partial charge in [-0.1, -0.05) is 30.4 Å². The first-order valence-electron chi connectivity index (χ1n) is 5.42. The number of nitrogens with one attached hydrogen (secondary N) is 1. The zero-order chi connectivity index (χ0) is 11.4. The predicted molar refractivity (Wildman–Crippen MR) is 75.7 cm³/mol. The standard InChI is InChI=1S/C12H16N2S2/c1-9(15-2)7-8-13-12-14-10-5-3-4-6-11(10)16-12/h3-6,9H,7-8H2,1-2H3,(H,13,14). The summed E-state index contributed by atoms with van der Waals surface area (Å²) in [7, 11) is 0. The van der Waals surface area contributed by atoms with Crippen molar-refractivity contribution in [3.05, 3.63) is 24.3 Å². The van der Waals surface area contributed by atoms with Crippen LogP contribution in [0.15, 0.2) is 24.3 Å². The number of anilines is 1. The van der Waals surface area contributed by atoms with E-state index in [9.17, 15) is 0 Å². The van der Waals surface area contributed by atoms with Crippen LogP contribution < -0.4 is 5.32 Å². The van der Waals surface area contributed by atoms with Gasteiger partial charge in [0.05, 0.1) is 10.2 Å². The minimum atomic E-state index is 0.710. The molecule has 0 spiro atoms. The molecule has 0 aliphatic carbocycles. The summed E-state index contributed by atoms with van der Waals surface area (Å²) < 4.78 is 1.25. The number of hydrogen-bond donors (Lipinski definition) is 1. The third-order valence-electron chi connectivity index (χ3n) is 2.52. The fourth-order valence-electron chi connectivity index (χ4n) is 1.45. The van der Waals surface area contributed by atoms with Crippen molar-refractivity contribution in [3.63, 3.8) is 0 Å². The van der Waals surface area contributed by atoms with Gasteiger partial charge in [0.2, 0.25) is 0 Å². The summed E-state index contributed by atoms with van der Waals surface area (Å²) >= 11 is 3.64. The van der Waals surface area contributed by atoms with Crippen molar-refractivity contribution in [1.29, 1.82) is 0 Å². The first-order valence-corrected chi connectivity index (χ1v) is 7.52. The van der Waals surface area contributed by atoms with Gasteiger partial charge in [0.15, 0.2) is 5.13 Å². The van der Waals surface area contributed by atoms with Crippen LogP contribution in [0.5, 0.6) is 0 Å². The summed E-state index contributed by atoms with van der Waals surface area (Å²) in [5, 5.41) is 5.14. The molecule has 2 nitrogen and oxygen atoms in total. The number of rotatable bonds is 5. The van der Waals surface area contributed by atoms with Gasteiger partial charge in [0.25, 0.3) is 0 Å². The van der Waals surface area contributed by atoms with Crippen molar-refractivity contribution in [3.8, 4) is 0 Å². The monoisotopic (exact) mass is 252 g/mol. The Labute approximate surface area is 104 Å². The Morgan fingerprint density at radius 1 is 1.44 bits per heavy atom. The second-order valence-corrected chi connectivity index (χ2v) is 6.06. The smallest absolute Gasteiger partial charge is 0.183 e. The van der Waals surface area contributed by atoms with E-state index in [1.807, 2.05) is 17.8 Å². The molecule has 0 aliphatic heterocycles. The molecular formula is C12H16N2S2. The van der Waals surface area contributed by atoms with E-state index in [1.165, 1.54) is 11.1 Å². The molecule has 1 aromatic carbocycles. The molecule has 4 heteroatoms. The van der Waals surface area contributed by atoms with Crippen molar-refractivity contribution < 1.29 is 0 Å². The van der Waals surface area contributed by atoms with E-state index in [1.54, 1.807) is 11.3 Å². The van der Waals surface area contributed by atoms with Crippen molar-refractivity contribution >= 4 is 38.4 Å². The molecule has 1 atom stereocenters. The van der Waals surface area contributed by atoms with Crippen LogP contribution in [-0.2, 0) is 0 Å². The molecule has 0 aliphatic rings. The summed E-state index contributed by atoms with van der Waals surface area (Å²) in [4.78, 5) is 4.54. The second-order valence-electron chi connectivity index (χ2n) is 3.75. The van der Waals surface area contributed by atoms with Gasteiger partial charge in [-0.05, 0) is 24.8 Å². The van der Waals surface area contributed by atoms with E-state index >= 15 is 0 Å². The van der Waals surface area contributed by atoms with E-state index in [2.05, 4.69) is 41.7 Å². The van der Waals surface area contributed by atoms with Gasteiger partial charge in [-0.15, -0.1) is 0 Å². The molecule has 0 bridgehead atoms. The Kier molecular flexibility index (Phi) is 4.07.